The Bertz CT molecular complexity index is 285. The molecule has 0 amide bonds. The maximum Gasteiger partial charge on any atom is 0.120 e. The minimum absolute atomic E-state index is 0.408. The maximum atomic E-state index is 8.69. The zero-order valence-electron chi connectivity index (χ0n) is 7.00. The van der Waals surface area contributed by atoms with Gasteiger partial charge in [0.15, 0.2) is 0 Å². The first-order valence-corrected chi connectivity index (χ1v) is 4.42. The predicted molar refractivity (Wildman–Crippen MR) is 49.0 cm³/mol. The SMILES string of the molecule is CC(CCl)Cn1cccc1C#N. The molecule has 0 saturated carbocycles. The molecule has 3 heteroatoms. The van der Waals surface area contributed by atoms with E-state index >= 15 is 0 Å². The fraction of sp³-hybridized carbons (Fsp3) is 0.444. The number of alkyl halides is 1. The monoisotopic (exact) mass is 182 g/mol. The number of nitrogens with zero attached hydrogens (tertiary/aromatic N) is 2. The van der Waals surface area contributed by atoms with Crippen molar-refractivity contribution in [2.75, 3.05) is 5.88 Å². The lowest BCUT2D eigenvalue weighted by Crippen LogP contribution is -2.09. The lowest BCUT2D eigenvalue weighted by atomic mass is 10.2. The summed E-state index contributed by atoms with van der Waals surface area (Å²) in [5.74, 6) is 1.04. The normalized spacial score (nSPS) is 12.4. The third-order valence-corrected chi connectivity index (χ3v) is 2.24. The van der Waals surface area contributed by atoms with Crippen LogP contribution in [0.2, 0.25) is 0 Å². The van der Waals surface area contributed by atoms with E-state index in [1.54, 1.807) is 6.07 Å². The van der Waals surface area contributed by atoms with Crippen LogP contribution in [0, 0.1) is 17.2 Å². The standard InChI is InChI=1S/C9H11ClN2/c1-8(5-10)7-12-4-2-3-9(12)6-11/h2-4,8H,5,7H2,1H3. The van der Waals surface area contributed by atoms with E-state index in [-0.39, 0.29) is 0 Å². The topological polar surface area (TPSA) is 28.7 Å². The van der Waals surface area contributed by atoms with Gasteiger partial charge in [-0.05, 0) is 18.1 Å². The molecule has 0 spiro atoms. The molecule has 12 heavy (non-hydrogen) atoms. The van der Waals surface area contributed by atoms with Crippen molar-refractivity contribution in [3.8, 4) is 6.07 Å². The Kier molecular flexibility index (Phi) is 3.19. The van der Waals surface area contributed by atoms with Gasteiger partial charge >= 0.3 is 0 Å². The van der Waals surface area contributed by atoms with Crippen LogP contribution in [-0.2, 0) is 6.54 Å². The number of aromatic nitrogens is 1. The Morgan fingerprint density at radius 1 is 1.75 bits per heavy atom. The van der Waals surface area contributed by atoms with Crippen molar-refractivity contribution < 1.29 is 0 Å². The van der Waals surface area contributed by atoms with E-state index in [2.05, 4.69) is 13.0 Å². The molecule has 0 N–H and O–H groups in total. The molecule has 0 aliphatic carbocycles. The van der Waals surface area contributed by atoms with Crippen LogP contribution in [-0.4, -0.2) is 10.4 Å². The molecule has 0 saturated heterocycles. The van der Waals surface area contributed by atoms with Crippen molar-refractivity contribution in [3.05, 3.63) is 24.0 Å². The summed E-state index contributed by atoms with van der Waals surface area (Å²) in [6.07, 6.45) is 1.90. The number of halogens is 1. The molecule has 0 aromatic carbocycles. The van der Waals surface area contributed by atoms with Crippen LogP contribution in [0.1, 0.15) is 12.6 Å². The quantitative estimate of drug-likeness (QED) is 0.660. The van der Waals surface area contributed by atoms with Gasteiger partial charge in [-0.25, -0.2) is 0 Å². The van der Waals surface area contributed by atoms with Gasteiger partial charge in [-0.1, -0.05) is 6.92 Å². The van der Waals surface area contributed by atoms with Gasteiger partial charge in [0.2, 0.25) is 0 Å². The van der Waals surface area contributed by atoms with Crippen LogP contribution in [0.4, 0.5) is 0 Å². The summed E-state index contributed by atoms with van der Waals surface area (Å²) in [7, 11) is 0. The molecular formula is C9H11ClN2. The summed E-state index contributed by atoms with van der Waals surface area (Å²) in [4.78, 5) is 0. The van der Waals surface area contributed by atoms with E-state index in [0.29, 0.717) is 17.5 Å². The highest BCUT2D eigenvalue weighted by Gasteiger charge is 2.03. The number of nitriles is 1. The Hall–Kier alpha value is -0.940. The van der Waals surface area contributed by atoms with Crippen LogP contribution in [0.3, 0.4) is 0 Å². The summed E-state index contributed by atoms with van der Waals surface area (Å²) < 4.78 is 1.92. The average molecular weight is 183 g/mol. The van der Waals surface area contributed by atoms with E-state index in [1.807, 2.05) is 16.8 Å². The zero-order chi connectivity index (χ0) is 8.97. The number of rotatable bonds is 3. The second-order valence-corrected chi connectivity index (χ2v) is 3.23. The van der Waals surface area contributed by atoms with Crippen LogP contribution in [0.25, 0.3) is 0 Å². The van der Waals surface area contributed by atoms with Gasteiger partial charge in [0, 0.05) is 18.6 Å². The van der Waals surface area contributed by atoms with Gasteiger partial charge in [-0.15, -0.1) is 11.6 Å². The summed E-state index contributed by atoms with van der Waals surface area (Å²) in [5, 5.41) is 8.69. The van der Waals surface area contributed by atoms with Gasteiger partial charge < -0.3 is 4.57 Å². The van der Waals surface area contributed by atoms with Crippen LogP contribution >= 0.6 is 11.6 Å². The highest BCUT2D eigenvalue weighted by molar-refractivity contribution is 6.18. The zero-order valence-corrected chi connectivity index (χ0v) is 7.75. The Morgan fingerprint density at radius 2 is 2.50 bits per heavy atom. The van der Waals surface area contributed by atoms with E-state index in [9.17, 15) is 0 Å². The molecule has 1 heterocycles. The van der Waals surface area contributed by atoms with Gasteiger partial charge in [0.25, 0.3) is 0 Å². The summed E-state index contributed by atoms with van der Waals surface area (Å²) in [6.45, 7) is 2.88. The number of hydrogen-bond donors (Lipinski definition) is 0. The Balaban J connectivity index is 2.69. The fourth-order valence-corrected chi connectivity index (χ4v) is 1.16. The predicted octanol–water partition coefficient (Wildman–Crippen LogP) is 2.23. The smallest absolute Gasteiger partial charge is 0.120 e. The second-order valence-electron chi connectivity index (χ2n) is 2.92. The van der Waals surface area contributed by atoms with Crippen molar-refractivity contribution >= 4 is 11.6 Å². The van der Waals surface area contributed by atoms with Gasteiger partial charge in [0.05, 0.1) is 0 Å². The lowest BCUT2D eigenvalue weighted by Gasteiger charge is -2.09. The van der Waals surface area contributed by atoms with E-state index < -0.39 is 0 Å². The van der Waals surface area contributed by atoms with E-state index in [0.717, 1.165) is 6.54 Å². The molecular weight excluding hydrogens is 172 g/mol. The third kappa shape index (κ3) is 2.02. The first-order chi connectivity index (χ1) is 5.77. The summed E-state index contributed by atoms with van der Waals surface area (Å²) in [5.41, 5.74) is 0.701. The molecule has 1 atom stereocenters. The van der Waals surface area contributed by atoms with Crippen LogP contribution in [0.15, 0.2) is 18.3 Å². The van der Waals surface area contributed by atoms with Gasteiger partial charge in [-0.3, -0.25) is 0 Å². The molecule has 0 fully saturated rings. The largest absolute Gasteiger partial charge is 0.339 e. The van der Waals surface area contributed by atoms with Crippen LogP contribution in [0.5, 0.6) is 0 Å². The highest BCUT2D eigenvalue weighted by Crippen LogP contribution is 2.06. The summed E-state index contributed by atoms with van der Waals surface area (Å²) >= 11 is 5.67. The van der Waals surface area contributed by atoms with Crippen molar-refractivity contribution in [3.63, 3.8) is 0 Å². The molecule has 0 bridgehead atoms. The van der Waals surface area contributed by atoms with Crippen molar-refractivity contribution in [2.45, 2.75) is 13.5 Å². The molecule has 0 aliphatic rings. The highest BCUT2D eigenvalue weighted by atomic mass is 35.5. The molecule has 1 rings (SSSR count). The summed E-state index contributed by atoms with van der Waals surface area (Å²) in [6, 6.07) is 5.81. The minimum Gasteiger partial charge on any atom is -0.339 e. The minimum atomic E-state index is 0.408. The Morgan fingerprint density at radius 3 is 3.08 bits per heavy atom. The molecule has 1 unspecified atom stereocenters. The van der Waals surface area contributed by atoms with E-state index in [4.69, 9.17) is 16.9 Å². The van der Waals surface area contributed by atoms with Crippen molar-refractivity contribution in [2.24, 2.45) is 5.92 Å². The van der Waals surface area contributed by atoms with Crippen molar-refractivity contribution in [1.29, 1.82) is 5.26 Å². The molecule has 0 radical (unpaired) electrons. The molecule has 0 aliphatic heterocycles. The molecule has 2 nitrogen and oxygen atoms in total. The van der Waals surface area contributed by atoms with E-state index in [1.165, 1.54) is 0 Å². The fourth-order valence-electron chi connectivity index (χ4n) is 1.06. The third-order valence-electron chi connectivity index (χ3n) is 1.72. The molecule has 64 valence electrons. The molecule has 1 aromatic rings. The average Bonchev–Trinajstić information content (AvgIpc) is 2.51. The second kappa shape index (κ2) is 4.18. The maximum absolute atomic E-state index is 8.69. The Labute approximate surface area is 77.4 Å². The number of hydrogen-bond acceptors (Lipinski definition) is 1. The van der Waals surface area contributed by atoms with Crippen molar-refractivity contribution in [1.82, 2.24) is 4.57 Å². The van der Waals surface area contributed by atoms with Gasteiger partial charge in [0.1, 0.15) is 11.8 Å². The van der Waals surface area contributed by atoms with Gasteiger partial charge in [-0.2, -0.15) is 5.26 Å². The first kappa shape index (κ1) is 9.15. The van der Waals surface area contributed by atoms with Crippen LogP contribution < -0.4 is 0 Å². The molecule has 1 aromatic heterocycles. The lowest BCUT2D eigenvalue weighted by molar-refractivity contribution is 0.526. The first-order valence-electron chi connectivity index (χ1n) is 3.89.